The average Bonchev–Trinajstić information content (AvgIpc) is 2.86. The van der Waals surface area contributed by atoms with Gasteiger partial charge in [-0.3, -0.25) is 4.79 Å². The van der Waals surface area contributed by atoms with Crippen LogP contribution < -0.4 is 0 Å². The molecule has 7 heteroatoms. The van der Waals surface area contributed by atoms with E-state index in [4.69, 9.17) is 4.74 Å². The molecule has 0 radical (unpaired) electrons. The molecule has 1 aliphatic heterocycles. The van der Waals surface area contributed by atoms with E-state index in [1.54, 1.807) is 4.68 Å². The second kappa shape index (κ2) is 6.51. The lowest BCUT2D eigenvalue weighted by Crippen LogP contribution is -2.25. The zero-order valence-corrected chi connectivity index (χ0v) is 12.9. The summed E-state index contributed by atoms with van der Waals surface area (Å²) in [6.07, 6.45) is 2.53. The van der Waals surface area contributed by atoms with Gasteiger partial charge in [0.25, 0.3) is 0 Å². The quantitative estimate of drug-likeness (QED) is 0.894. The SMILES string of the molecule is CC(C)(C)CC(CC(=O)O)n1nnnc1C1CCOCC1. The lowest BCUT2D eigenvalue weighted by atomic mass is 9.86. The molecule has 0 aliphatic carbocycles. The summed E-state index contributed by atoms with van der Waals surface area (Å²) < 4.78 is 7.10. The third kappa shape index (κ3) is 4.49. The van der Waals surface area contributed by atoms with Crippen LogP contribution in [-0.4, -0.2) is 44.5 Å². The van der Waals surface area contributed by atoms with E-state index in [-0.39, 0.29) is 23.8 Å². The predicted molar refractivity (Wildman–Crippen MR) is 76.0 cm³/mol. The Morgan fingerprint density at radius 2 is 2.10 bits per heavy atom. The van der Waals surface area contributed by atoms with Gasteiger partial charge in [-0.15, -0.1) is 5.10 Å². The summed E-state index contributed by atoms with van der Waals surface area (Å²) in [5.41, 5.74) is 0.0129. The second-order valence-corrected chi connectivity index (χ2v) is 6.88. The number of carboxylic acid groups (broad SMARTS) is 1. The third-order valence-electron chi connectivity index (χ3n) is 3.71. The molecule has 1 saturated heterocycles. The molecule has 7 nitrogen and oxygen atoms in total. The monoisotopic (exact) mass is 296 g/mol. The zero-order valence-electron chi connectivity index (χ0n) is 12.9. The van der Waals surface area contributed by atoms with E-state index in [0.717, 1.165) is 25.1 Å². The number of rotatable bonds is 5. The fourth-order valence-corrected chi connectivity index (χ4v) is 2.84. The van der Waals surface area contributed by atoms with Crippen molar-refractivity contribution in [2.45, 2.75) is 58.4 Å². The topological polar surface area (TPSA) is 90.1 Å². The van der Waals surface area contributed by atoms with E-state index in [1.165, 1.54) is 0 Å². The highest BCUT2D eigenvalue weighted by Gasteiger charge is 2.29. The molecule has 1 aromatic rings. The Morgan fingerprint density at radius 1 is 1.43 bits per heavy atom. The lowest BCUT2D eigenvalue weighted by molar-refractivity contribution is -0.138. The maximum atomic E-state index is 11.2. The number of tetrazole rings is 1. The molecule has 0 bridgehead atoms. The van der Waals surface area contributed by atoms with Crippen LogP contribution >= 0.6 is 0 Å². The first-order chi connectivity index (χ1) is 9.87. The van der Waals surface area contributed by atoms with Crippen LogP contribution in [0.4, 0.5) is 0 Å². The van der Waals surface area contributed by atoms with Crippen molar-refractivity contribution in [3.63, 3.8) is 0 Å². The Balaban J connectivity index is 2.23. The van der Waals surface area contributed by atoms with Crippen LogP contribution in [0.1, 0.15) is 64.2 Å². The molecule has 0 aromatic carbocycles. The molecule has 118 valence electrons. The van der Waals surface area contributed by atoms with Gasteiger partial charge in [-0.2, -0.15) is 0 Å². The number of nitrogens with zero attached hydrogens (tertiary/aromatic N) is 4. The fourth-order valence-electron chi connectivity index (χ4n) is 2.84. The molecule has 1 fully saturated rings. The number of ether oxygens (including phenoxy) is 1. The highest BCUT2D eigenvalue weighted by molar-refractivity contribution is 5.67. The molecular formula is C14H24N4O3. The van der Waals surface area contributed by atoms with Gasteiger partial charge in [0.15, 0.2) is 5.82 Å². The molecule has 1 aromatic heterocycles. The summed E-state index contributed by atoms with van der Waals surface area (Å²) in [5.74, 6) is 0.233. The van der Waals surface area contributed by atoms with Crippen molar-refractivity contribution in [2.24, 2.45) is 5.41 Å². The van der Waals surface area contributed by atoms with E-state index in [0.29, 0.717) is 13.2 Å². The Kier molecular flexibility index (Phi) is 4.92. The number of hydrogen-bond donors (Lipinski definition) is 1. The molecule has 1 atom stereocenters. The summed E-state index contributed by atoms with van der Waals surface area (Å²) in [4.78, 5) is 11.2. The first-order valence-corrected chi connectivity index (χ1v) is 7.44. The fraction of sp³-hybridized carbons (Fsp3) is 0.857. The average molecular weight is 296 g/mol. The van der Waals surface area contributed by atoms with Crippen molar-refractivity contribution < 1.29 is 14.6 Å². The van der Waals surface area contributed by atoms with Gasteiger partial charge in [-0.1, -0.05) is 20.8 Å². The third-order valence-corrected chi connectivity index (χ3v) is 3.71. The summed E-state index contributed by atoms with van der Waals surface area (Å²) in [6.45, 7) is 7.71. The smallest absolute Gasteiger partial charge is 0.305 e. The van der Waals surface area contributed by atoms with Gasteiger partial charge < -0.3 is 9.84 Å². The first-order valence-electron chi connectivity index (χ1n) is 7.44. The lowest BCUT2D eigenvalue weighted by Gasteiger charge is -2.28. The van der Waals surface area contributed by atoms with E-state index >= 15 is 0 Å². The Bertz CT molecular complexity index is 475. The molecule has 21 heavy (non-hydrogen) atoms. The van der Waals surface area contributed by atoms with Crippen LogP contribution in [0.25, 0.3) is 0 Å². The molecule has 1 N–H and O–H groups in total. The van der Waals surface area contributed by atoms with Crippen LogP contribution in [-0.2, 0) is 9.53 Å². The van der Waals surface area contributed by atoms with Crippen molar-refractivity contribution in [1.82, 2.24) is 20.2 Å². The minimum Gasteiger partial charge on any atom is -0.481 e. The van der Waals surface area contributed by atoms with Crippen molar-refractivity contribution in [3.05, 3.63) is 5.82 Å². The van der Waals surface area contributed by atoms with Gasteiger partial charge in [0, 0.05) is 19.1 Å². The summed E-state index contributed by atoms with van der Waals surface area (Å²) in [7, 11) is 0. The number of hydrogen-bond acceptors (Lipinski definition) is 5. The van der Waals surface area contributed by atoms with Crippen LogP contribution in [0.3, 0.4) is 0 Å². The molecule has 1 unspecified atom stereocenters. The maximum absolute atomic E-state index is 11.2. The molecular weight excluding hydrogens is 272 g/mol. The van der Waals surface area contributed by atoms with Gasteiger partial charge in [0.05, 0.1) is 12.5 Å². The van der Waals surface area contributed by atoms with Crippen molar-refractivity contribution in [2.75, 3.05) is 13.2 Å². The summed E-state index contributed by atoms with van der Waals surface area (Å²) in [6, 6.07) is -0.213. The molecule has 2 rings (SSSR count). The van der Waals surface area contributed by atoms with Crippen LogP contribution in [0.15, 0.2) is 0 Å². The van der Waals surface area contributed by atoms with Crippen LogP contribution in [0, 0.1) is 5.41 Å². The molecule has 0 spiro atoms. The number of aromatic nitrogens is 4. The van der Waals surface area contributed by atoms with E-state index in [2.05, 4.69) is 36.3 Å². The first kappa shape index (κ1) is 15.9. The normalized spacial score (nSPS) is 18.6. The van der Waals surface area contributed by atoms with Crippen molar-refractivity contribution >= 4 is 5.97 Å². The van der Waals surface area contributed by atoms with E-state index in [1.807, 2.05) is 0 Å². The second-order valence-electron chi connectivity index (χ2n) is 6.88. The van der Waals surface area contributed by atoms with Crippen LogP contribution in [0.5, 0.6) is 0 Å². The number of carbonyl (C=O) groups is 1. The highest BCUT2D eigenvalue weighted by atomic mass is 16.5. The molecule has 1 aliphatic rings. The Labute approximate surface area is 124 Å². The van der Waals surface area contributed by atoms with Gasteiger partial charge in [0.2, 0.25) is 0 Å². The van der Waals surface area contributed by atoms with Gasteiger partial charge in [-0.05, 0) is 35.1 Å². The van der Waals surface area contributed by atoms with E-state index in [9.17, 15) is 9.90 Å². The summed E-state index contributed by atoms with van der Waals surface area (Å²) in [5, 5.41) is 21.2. The van der Waals surface area contributed by atoms with Crippen LogP contribution in [0.2, 0.25) is 0 Å². The molecule has 0 saturated carbocycles. The summed E-state index contributed by atoms with van der Waals surface area (Å²) >= 11 is 0. The maximum Gasteiger partial charge on any atom is 0.305 e. The number of carboxylic acids is 1. The Hall–Kier alpha value is -1.50. The van der Waals surface area contributed by atoms with Gasteiger partial charge in [0.1, 0.15) is 0 Å². The van der Waals surface area contributed by atoms with Crippen molar-refractivity contribution in [3.8, 4) is 0 Å². The minimum atomic E-state index is -0.822. The van der Waals surface area contributed by atoms with Crippen molar-refractivity contribution in [1.29, 1.82) is 0 Å². The predicted octanol–water partition coefficient (Wildman–Crippen LogP) is 2.02. The largest absolute Gasteiger partial charge is 0.481 e. The van der Waals surface area contributed by atoms with E-state index < -0.39 is 5.97 Å². The standard InChI is InChI=1S/C14H24N4O3/c1-14(2,3)9-11(8-12(19)20)18-13(15-16-17-18)10-4-6-21-7-5-10/h10-11H,4-9H2,1-3H3,(H,19,20). The highest BCUT2D eigenvalue weighted by Crippen LogP contribution is 2.33. The molecule has 2 heterocycles. The van der Waals surface area contributed by atoms with Gasteiger partial charge in [-0.25, -0.2) is 4.68 Å². The zero-order chi connectivity index (χ0) is 15.5. The van der Waals surface area contributed by atoms with Gasteiger partial charge >= 0.3 is 5.97 Å². The number of aliphatic carboxylic acids is 1. The molecule has 0 amide bonds. The Morgan fingerprint density at radius 3 is 2.67 bits per heavy atom. The minimum absolute atomic E-state index is 0.0129.